The van der Waals surface area contributed by atoms with Gasteiger partial charge in [0, 0.05) is 12.8 Å². The molecule has 44 heavy (non-hydrogen) atoms. The molecular formula is C34H65NO9. The lowest BCUT2D eigenvalue weighted by Crippen LogP contribution is -2.83. The normalized spacial score (nSPS) is 26.9. The number of unbranched alkanes of at least 4 members (excludes halogenated alkanes) is 16. The third kappa shape index (κ3) is 12.7. The van der Waals surface area contributed by atoms with Crippen LogP contribution in [0.1, 0.15) is 155 Å². The van der Waals surface area contributed by atoms with Gasteiger partial charge in [-0.1, -0.05) is 129 Å². The summed E-state index contributed by atoms with van der Waals surface area (Å²) in [5.74, 6) is -2.17. The Morgan fingerprint density at radius 2 is 1.05 bits per heavy atom. The van der Waals surface area contributed by atoms with Crippen LogP contribution >= 0.6 is 0 Å². The molecule has 0 bridgehead atoms. The summed E-state index contributed by atoms with van der Waals surface area (Å²) >= 11 is 0. The fraction of sp³-hybridized carbons (Fsp3) is 0.941. The van der Waals surface area contributed by atoms with Crippen LogP contribution in [-0.4, -0.2) is 90.7 Å². The fourth-order valence-corrected chi connectivity index (χ4v) is 6.28. The lowest BCUT2D eigenvalue weighted by Gasteiger charge is -2.53. The molecule has 0 spiro atoms. The van der Waals surface area contributed by atoms with Crippen LogP contribution in [0, 0.1) is 0 Å². The van der Waals surface area contributed by atoms with Crippen molar-refractivity contribution in [1.29, 1.82) is 0 Å². The molecule has 0 aromatic carbocycles. The van der Waals surface area contributed by atoms with Crippen molar-refractivity contribution < 1.29 is 45.0 Å². The van der Waals surface area contributed by atoms with Crippen LogP contribution in [0.2, 0.25) is 0 Å². The third-order valence-electron chi connectivity index (χ3n) is 9.29. The number of nitrogens with two attached hydrogens (primary N) is 1. The molecule has 0 aromatic rings. The first kappa shape index (κ1) is 41.0. The van der Waals surface area contributed by atoms with Crippen molar-refractivity contribution in [2.24, 2.45) is 5.73 Å². The number of aliphatic hydroxyl groups excluding tert-OH is 5. The van der Waals surface area contributed by atoms with E-state index in [-0.39, 0.29) is 6.42 Å². The van der Waals surface area contributed by atoms with E-state index >= 15 is 0 Å². The minimum Gasteiger partial charge on any atom is -0.394 e. The highest BCUT2D eigenvalue weighted by molar-refractivity contribution is 6.01. The first-order valence-corrected chi connectivity index (χ1v) is 17.6. The first-order chi connectivity index (χ1) is 21.0. The Morgan fingerprint density at radius 3 is 1.43 bits per heavy atom. The number of aliphatic hydroxyl groups is 6. The van der Waals surface area contributed by atoms with E-state index in [2.05, 4.69) is 13.8 Å². The van der Waals surface area contributed by atoms with Crippen molar-refractivity contribution in [1.82, 2.24) is 0 Å². The first-order valence-electron chi connectivity index (χ1n) is 17.6. The van der Waals surface area contributed by atoms with Gasteiger partial charge < -0.3 is 41.1 Å². The third-order valence-corrected chi connectivity index (χ3v) is 9.29. The highest BCUT2D eigenvalue weighted by atomic mass is 16.6. The largest absolute Gasteiger partial charge is 0.394 e. The van der Waals surface area contributed by atoms with Crippen LogP contribution in [0.4, 0.5) is 0 Å². The summed E-state index contributed by atoms with van der Waals surface area (Å²) in [4.78, 5) is 26.9. The van der Waals surface area contributed by atoms with E-state index in [0.29, 0.717) is 19.3 Å². The number of hydrogen-bond acceptors (Lipinski definition) is 10. The molecule has 0 aromatic heterocycles. The SMILES string of the molecule is CCCCCCCCCCCC(O)CC(=O)[C@]1(N)C(O)O[C@H](CO)[C@@H](O)[C@@]1(O)C(=O)CC(O)CCCCCCCCCCC. The molecule has 1 aliphatic rings. The summed E-state index contributed by atoms with van der Waals surface area (Å²) in [6.45, 7) is 3.50. The van der Waals surface area contributed by atoms with Gasteiger partial charge in [-0.15, -0.1) is 0 Å². The van der Waals surface area contributed by atoms with Gasteiger partial charge in [-0.3, -0.25) is 9.59 Å². The molecule has 3 unspecified atom stereocenters. The van der Waals surface area contributed by atoms with E-state index in [4.69, 9.17) is 10.5 Å². The van der Waals surface area contributed by atoms with Gasteiger partial charge in [0.15, 0.2) is 29.0 Å². The second-order valence-electron chi connectivity index (χ2n) is 13.1. The van der Waals surface area contributed by atoms with Gasteiger partial charge in [0.25, 0.3) is 0 Å². The van der Waals surface area contributed by atoms with Crippen LogP contribution in [0.3, 0.4) is 0 Å². The smallest absolute Gasteiger partial charge is 0.183 e. The molecule has 1 heterocycles. The summed E-state index contributed by atoms with van der Waals surface area (Å²) < 4.78 is 5.16. The minimum atomic E-state index is -3.05. The summed E-state index contributed by atoms with van der Waals surface area (Å²) in [6, 6.07) is 0. The van der Waals surface area contributed by atoms with Crippen LogP contribution in [0.5, 0.6) is 0 Å². The number of ketones is 2. The zero-order chi connectivity index (χ0) is 33.0. The maximum Gasteiger partial charge on any atom is 0.183 e. The Morgan fingerprint density at radius 1 is 0.682 bits per heavy atom. The molecule has 0 amide bonds. The molecular weight excluding hydrogens is 566 g/mol. The van der Waals surface area contributed by atoms with Crippen molar-refractivity contribution in [3.8, 4) is 0 Å². The molecule has 10 nitrogen and oxygen atoms in total. The second-order valence-corrected chi connectivity index (χ2v) is 13.1. The predicted molar refractivity (Wildman–Crippen MR) is 171 cm³/mol. The summed E-state index contributed by atoms with van der Waals surface area (Å²) in [6.07, 6.45) is 10.6. The number of carbonyl (C=O) groups excluding carboxylic acids is 2. The van der Waals surface area contributed by atoms with Crippen molar-refractivity contribution in [3.63, 3.8) is 0 Å². The standard InChI is InChI=1S/C34H65NO9/c1-3-5-7-9-11-13-15-17-19-21-26(37)23-29(39)33(35)32(42)44-28(25-36)31(41)34(33,43)30(40)24-27(38)22-20-18-16-14-12-10-8-6-4-2/h26-28,31-32,36-38,41-43H,3-25,35H2,1-2H3/t26?,27?,28-,31-,32?,33+,34+/m1/s1. The molecule has 0 radical (unpaired) electrons. The molecule has 260 valence electrons. The Bertz CT molecular complexity index is 784. The van der Waals surface area contributed by atoms with E-state index < -0.39 is 72.9 Å². The number of rotatable bonds is 27. The fourth-order valence-electron chi connectivity index (χ4n) is 6.28. The van der Waals surface area contributed by atoms with Gasteiger partial charge in [0.2, 0.25) is 0 Å². The molecule has 0 saturated carbocycles. The number of ether oxygens (including phenoxy) is 1. The topological polar surface area (TPSA) is 191 Å². The van der Waals surface area contributed by atoms with Crippen molar-refractivity contribution in [2.75, 3.05) is 6.61 Å². The number of hydrogen-bond donors (Lipinski definition) is 7. The van der Waals surface area contributed by atoms with Crippen LogP contribution in [0.15, 0.2) is 0 Å². The summed E-state index contributed by atoms with van der Waals surface area (Å²) in [5.41, 5.74) is 0.407. The van der Waals surface area contributed by atoms with Crippen LogP contribution in [0.25, 0.3) is 0 Å². The molecule has 7 atom stereocenters. The average Bonchev–Trinajstić information content (AvgIpc) is 2.99. The molecule has 1 aliphatic heterocycles. The van der Waals surface area contributed by atoms with E-state index in [1.807, 2.05) is 0 Å². The Hall–Kier alpha value is -0.980. The zero-order valence-electron chi connectivity index (χ0n) is 27.6. The molecule has 1 fully saturated rings. The second kappa shape index (κ2) is 22.5. The Labute approximate surface area is 265 Å². The Kier molecular flexibility index (Phi) is 21.0. The van der Waals surface area contributed by atoms with E-state index in [0.717, 1.165) is 38.5 Å². The lowest BCUT2D eigenvalue weighted by molar-refractivity contribution is -0.296. The lowest BCUT2D eigenvalue weighted by atomic mass is 9.65. The summed E-state index contributed by atoms with van der Waals surface area (Å²) in [7, 11) is 0. The highest BCUT2D eigenvalue weighted by Gasteiger charge is 2.69. The van der Waals surface area contributed by atoms with Crippen LogP contribution in [-0.2, 0) is 14.3 Å². The maximum absolute atomic E-state index is 13.5. The van der Waals surface area contributed by atoms with Gasteiger partial charge >= 0.3 is 0 Å². The monoisotopic (exact) mass is 631 g/mol. The molecule has 1 rings (SSSR count). The van der Waals surface area contributed by atoms with E-state index in [1.165, 1.54) is 64.2 Å². The van der Waals surface area contributed by atoms with Crippen molar-refractivity contribution in [2.45, 2.75) is 197 Å². The maximum atomic E-state index is 13.5. The highest BCUT2D eigenvalue weighted by Crippen LogP contribution is 2.39. The van der Waals surface area contributed by atoms with Crippen molar-refractivity contribution >= 4 is 11.6 Å². The molecule has 1 saturated heterocycles. The van der Waals surface area contributed by atoms with Crippen molar-refractivity contribution in [3.05, 3.63) is 0 Å². The molecule has 0 aliphatic carbocycles. The van der Waals surface area contributed by atoms with Gasteiger partial charge in [-0.2, -0.15) is 0 Å². The van der Waals surface area contributed by atoms with Gasteiger partial charge in [0.05, 0.1) is 18.8 Å². The number of Topliss-reactive ketones (excluding diaryl/α,β-unsaturated/α-hetero) is 2. The predicted octanol–water partition coefficient (Wildman–Crippen LogP) is 3.97. The molecule has 8 N–H and O–H groups in total. The van der Waals surface area contributed by atoms with Crippen LogP contribution < -0.4 is 5.73 Å². The van der Waals surface area contributed by atoms with Gasteiger partial charge in [0.1, 0.15) is 12.2 Å². The zero-order valence-corrected chi connectivity index (χ0v) is 27.6. The molecule has 10 heteroatoms. The summed E-state index contributed by atoms with van der Waals surface area (Å²) in [5, 5.41) is 64.1. The number of carbonyl (C=O) groups is 2. The minimum absolute atomic E-state index is 0.277. The van der Waals surface area contributed by atoms with Gasteiger partial charge in [-0.25, -0.2) is 0 Å². The quantitative estimate of drug-likeness (QED) is 0.0653. The van der Waals surface area contributed by atoms with E-state index in [1.54, 1.807) is 0 Å². The average molecular weight is 632 g/mol. The van der Waals surface area contributed by atoms with Gasteiger partial charge in [-0.05, 0) is 12.8 Å². The Balaban J connectivity index is 2.72. The van der Waals surface area contributed by atoms with E-state index in [9.17, 15) is 40.2 Å².